The van der Waals surface area contributed by atoms with E-state index in [0.717, 1.165) is 22.3 Å². The molecule has 0 spiro atoms. The van der Waals surface area contributed by atoms with E-state index in [1.54, 1.807) is 11.8 Å². The molecule has 1 aliphatic heterocycles. The summed E-state index contributed by atoms with van der Waals surface area (Å²) >= 11 is 5.33. The first kappa shape index (κ1) is 10.1. The Morgan fingerprint density at radius 1 is 1.57 bits per heavy atom. The molecule has 0 aromatic heterocycles. The third-order valence-corrected chi connectivity index (χ3v) is 4.02. The minimum Gasteiger partial charge on any atom is -0.325 e. The maximum Gasteiger partial charge on any atom is 0.221 e. The molecule has 0 saturated carbocycles. The molecule has 1 aromatic carbocycles. The number of halogens is 1. The molecule has 1 aromatic rings. The lowest BCUT2D eigenvalue weighted by Crippen LogP contribution is -2.06. The number of anilines is 1. The zero-order chi connectivity index (χ0) is 10.1. The molecule has 0 aliphatic carbocycles. The highest BCUT2D eigenvalue weighted by atomic mass is 79.9. The van der Waals surface area contributed by atoms with Crippen LogP contribution in [0.25, 0.3) is 0 Å². The predicted molar refractivity (Wildman–Crippen MR) is 62.9 cm³/mol. The van der Waals surface area contributed by atoms with Crippen molar-refractivity contribution in [3.8, 4) is 0 Å². The van der Waals surface area contributed by atoms with Crippen LogP contribution in [-0.4, -0.2) is 11.7 Å². The van der Waals surface area contributed by atoms with Crippen LogP contribution in [0, 0.1) is 0 Å². The van der Waals surface area contributed by atoms with E-state index in [1.807, 2.05) is 12.1 Å². The van der Waals surface area contributed by atoms with Crippen molar-refractivity contribution in [2.45, 2.75) is 18.2 Å². The van der Waals surface area contributed by atoms with Crippen molar-refractivity contribution in [3.63, 3.8) is 0 Å². The number of thioether (sulfide) groups is 1. The van der Waals surface area contributed by atoms with E-state index < -0.39 is 0 Å². The van der Waals surface area contributed by atoms with Crippen LogP contribution in [0.5, 0.6) is 0 Å². The van der Waals surface area contributed by atoms with Crippen molar-refractivity contribution in [1.29, 1.82) is 0 Å². The highest BCUT2D eigenvalue weighted by molar-refractivity contribution is 9.10. The first-order chi connectivity index (χ1) is 6.68. The van der Waals surface area contributed by atoms with Crippen molar-refractivity contribution in [2.75, 3.05) is 11.1 Å². The van der Waals surface area contributed by atoms with Gasteiger partial charge in [0.2, 0.25) is 5.91 Å². The topological polar surface area (TPSA) is 29.1 Å². The third-order valence-electron chi connectivity index (χ3n) is 2.11. The molecule has 1 amide bonds. The summed E-state index contributed by atoms with van der Waals surface area (Å²) in [7, 11) is 0. The zero-order valence-electron chi connectivity index (χ0n) is 7.76. The molecule has 1 heterocycles. The normalized spacial score (nSPS) is 13.9. The van der Waals surface area contributed by atoms with Gasteiger partial charge in [-0.25, -0.2) is 0 Å². The summed E-state index contributed by atoms with van der Waals surface area (Å²) in [5.41, 5.74) is 2.26. The van der Waals surface area contributed by atoms with Crippen LogP contribution < -0.4 is 5.32 Å². The lowest BCUT2D eigenvalue weighted by molar-refractivity contribution is -0.114. The van der Waals surface area contributed by atoms with E-state index in [4.69, 9.17) is 0 Å². The second-order valence-corrected chi connectivity index (χ2v) is 5.14. The molecule has 0 saturated heterocycles. The number of benzene rings is 1. The molecule has 0 fully saturated rings. The molecule has 1 aliphatic rings. The number of hydrogen-bond acceptors (Lipinski definition) is 2. The second kappa shape index (κ2) is 3.95. The monoisotopic (exact) mass is 271 g/mol. The van der Waals surface area contributed by atoms with Crippen LogP contribution in [0.15, 0.2) is 21.5 Å². The number of nitrogens with one attached hydrogen (secondary N) is 1. The van der Waals surface area contributed by atoms with E-state index >= 15 is 0 Å². The Hall–Kier alpha value is -0.480. The number of carbonyl (C=O) groups excluding carboxylic acids is 1. The Bertz CT molecular complexity index is 392. The molecular formula is C10H10BrNOS. The number of hydrogen-bond donors (Lipinski definition) is 1. The van der Waals surface area contributed by atoms with Crippen molar-refractivity contribution in [3.05, 3.63) is 22.2 Å². The van der Waals surface area contributed by atoms with Crippen molar-refractivity contribution in [2.24, 2.45) is 0 Å². The van der Waals surface area contributed by atoms with E-state index in [9.17, 15) is 4.79 Å². The van der Waals surface area contributed by atoms with Crippen molar-refractivity contribution < 1.29 is 4.79 Å². The van der Waals surface area contributed by atoms with Crippen LogP contribution in [0.3, 0.4) is 0 Å². The van der Waals surface area contributed by atoms with Crippen LogP contribution in [0.4, 0.5) is 5.69 Å². The Morgan fingerprint density at radius 2 is 2.36 bits per heavy atom. The zero-order valence-corrected chi connectivity index (χ0v) is 10.2. The number of carbonyl (C=O) groups is 1. The predicted octanol–water partition coefficient (Wildman–Crippen LogP) is 3.06. The summed E-state index contributed by atoms with van der Waals surface area (Å²) in [5, 5.41) is 2.85. The number of amides is 1. The molecule has 0 unspecified atom stereocenters. The first-order valence-corrected chi connectivity index (χ1v) is 6.18. The number of fused-ring (bicyclic) bond motifs is 1. The molecule has 0 bridgehead atoms. The van der Waals surface area contributed by atoms with E-state index in [-0.39, 0.29) is 5.91 Å². The highest BCUT2D eigenvalue weighted by Gasteiger charge is 2.18. The van der Waals surface area contributed by atoms with Gasteiger partial charge in [0.15, 0.2) is 0 Å². The molecule has 2 rings (SSSR count). The Kier molecular flexibility index (Phi) is 2.83. The lowest BCUT2D eigenvalue weighted by Gasteiger charge is -2.09. The van der Waals surface area contributed by atoms with Gasteiger partial charge < -0.3 is 5.32 Å². The van der Waals surface area contributed by atoms with Crippen molar-refractivity contribution in [1.82, 2.24) is 0 Å². The molecule has 1 N–H and O–H groups in total. The summed E-state index contributed by atoms with van der Waals surface area (Å²) < 4.78 is 1.15. The van der Waals surface area contributed by atoms with E-state index in [1.165, 1.54) is 17.4 Å². The fraction of sp³-hybridized carbons (Fsp3) is 0.300. The van der Waals surface area contributed by atoms with E-state index in [2.05, 4.69) is 21.2 Å². The van der Waals surface area contributed by atoms with Gasteiger partial charge in [-0.2, -0.15) is 0 Å². The van der Waals surface area contributed by atoms with Gasteiger partial charge in [-0.3, -0.25) is 4.79 Å². The van der Waals surface area contributed by atoms with Gasteiger partial charge in [-0.1, -0.05) is 15.9 Å². The quantitative estimate of drug-likeness (QED) is 0.851. The minimum absolute atomic E-state index is 0.0120. The Balaban J connectivity index is 2.43. The van der Waals surface area contributed by atoms with Gasteiger partial charge in [-0.05, 0) is 24.1 Å². The fourth-order valence-electron chi connectivity index (χ4n) is 1.54. The molecule has 0 atom stereocenters. The summed E-state index contributed by atoms with van der Waals surface area (Å²) in [4.78, 5) is 12.2. The third kappa shape index (κ3) is 1.81. The summed E-state index contributed by atoms with van der Waals surface area (Å²) in [6, 6.07) is 3.94. The number of rotatable bonds is 1. The smallest absolute Gasteiger partial charge is 0.221 e. The van der Waals surface area contributed by atoms with Gasteiger partial charge >= 0.3 is 0 Å². The Morgan fingerprint density at radius 3 is 3.07 bits per heavy atom. The average molecular weight is 272 g/mol. The standard InChI is InChI=1S/C10H10BrNOS/c1-6(13)12-9-3-2-8(11)7-4-5-14-10(7)9/h2-3H,4-5H2,1H3,(H,12,13). The molecule has 0 radical (unpaired) electrons. The second-order valence-electron chi connectivity index (χ2n) is 3.18. The van der Waals surface area contributed by atoms with E-state index in [0.29, 0.717) is 0 Å². The average Bonchev–Trinajstić information content (AvgIpc) is 2.58. The van der Waals surface area contributed by atoms with Gasteiger partial charge in [0.25, 0.3) is 0 Å². The molecule has 14 heavy (non-hydrogen) atoms. The molecule has 74 valence electrons. The summed E-state index contributed by atoms with van der Waals surface area (Å²) in [6.45, 7) is 1.54. The summed E-state index contributed by atoms with van der Waals surface area (Å²) in [6.07, 6.45) is 1.08. The maximum atomic E-state index is 11.0. The maximum absolute atomic E-state index is 11.0. The van der Waals surface area contributed by atoms with Crippen LogP contribution in [0.2, 0.25) is 0 Å². The van der Waals surface area contributed by atoms with Crippen LogP contribution in [0.1, 0.15) is 12.5 Å². The SMILES string of the molecule is CC(=O)Nc1ccc(Br)c2c1SCC2. The van der Waals surface area contributed by atoms with Gasteiger partial charge in [0, 0.05) is 22.0 Å². The molecule has 2 nitrogen and oxygen atoms in total. The highest BCUT2D eigenvalue weighted by Crippen LogP contribution is 2.41. The van der Waals surface area contributed by atoms with Gasteiger partial charge in [0.05, 0.1) is 5.69 Å². The molecule has 4 heteroatoms. The lowest BCUT2D eigenvalue weighted by atomic mass is 10.1. The van der Waals surface area contributed by atoms with Gasteiger partial charge in [-0.15, -0.1) is 11.8 Å². The summed E-state index contributed by atoms with van der Waals surface area (Å²) in [5.74, 6) is 1.09. The van der Waals surface area contributed by atoms with Gasteiger partial charge in [0.1, 0.15) is 0 Å². The first-order valence-electron chi connectivity index (χ1n) is 4.40. The minimum atomic E-state index is -0.0120. The van der Waals surface area contributed by atoms with Crippen molar-refractivity contribution >= 4 is 39.3 Å². The van der Waals surface area contributed by atoms with Crippen LogP contribution >= 0.6 is 27.7 Å². The van der Waals surface area contributed by atoms with Crippen LogP contribution in [-0.2, 0) is 11.2 Å². The fourth-order valence-corrected chi connectivity index (χ4v) is 3.38. The Labute approximate surface area is 95.6 Å². The largest absolute Gasteiger partial charge is 0.325 e. The molecular weight excluding hydrogens is 262 g/mol.